The van der Waals surface area contributed by atoms with E-state index in [1.807, 2.05) is 20.8 Å². The minimum absolute atomic E-state index is 0.264. The number of hydrogen-bond donors (Lipinski definition) is 1. The van der Waals surface area contributed by atoms with E-state index in [9.17, 15) is 9.50 Å². The fourth-order valence-corrected chi connectivity index (χ4v) is 1.59. The maximum absolute atomic E-state index is 13.4. The second-order valence-corrected chi connectivity index (χ2v) is 4.35. The Morgan fingerprint density at radius 1 is 1.38 bits per heavy atom. The van der Waals surface area contributed by atoms with Gasteiger partial charge in [-0.25, -0.2) is 4.39 Å². The molecule has 3 heteroatoms. The van der Waals surface area contributed by atoms with Crippen molar-refractivity contribution >= 4 is 0 Å². The maximum Gasteiger partial charge on any atom is 0.126 e. The molecule has 1 aromatic rings. The molecular formula is C13H19FO2. The van der Waals surface area contributed by atoms with E-state index >= 15 is 0 Å². The van der Waals surface area contributed by atoms with Crippen LogP contribution in [0, 0.1) is 5.82 Å². The Balaban J connectivity index is 2.71. The fourth-order valence-electron chi connectivity index (χ4n) is 1.59. The highest BCUT2D eigenvalue weighted by atomic mass is 19.1. The SMILES string of the molecule is CCOC(C)(C)C(O)Cc1ccccc1F. The molecule has 0 radical (unpaired) electrons. The number of ether oxygens (including phenoxy) is 1. The second-order valence-electron chi connectivity index (χ2n) is 4.35. The van der Waals surface area contributed by atoms with Crippen LogP contribution < -0.4 is 0 Å². The number of aliphatic hydroxyl groups is 1. The van der Waals surface area contributed by atoms with Crippen LogP contribution in [0.5, 0.6) is 0 Å². The van der Waals surface area contributed by atoms with Crippen molar-refractivity contribution in [2.24, 2.45) is 0 Å². The third kappa shape index (κ3) is 3.29. The van der Waals surface area contributed by atoms with Gasteiger partial charge in [-0.1, -0.05) is 18.2 Å². The van der Waals surface area contributed by atoms with E-state index in [-0.39, 0.29) is 12.2 Å². The zero-order chi connectivity index (χ0) is 12.2. The van der Waals surface area contributed by atoms with Crippen LogP contribution in [0.3, 0.4) is 0 Å². The molecule has 2 nitrogen and oxygen atoms in total. The van der Waals surface area contributed by atoms with Gasteiger partial charge in [0.05, 0.1) is 11.7 Å². The molecule has 0 amide bonds. The van der Waals surface area contributed by atoms with Crippen LogP contribution in [-0.4, -0.2) is 23.4 Å². The molecule has 0 spiro atoms. The van der Waals surface area contributed by atoms with E-state index in [4.69, 9.17) is 4.74 Å². The van der Waals surface area contributed by atoms with Gasteiger partial charge < -0.3 is 9.84 Å². The van der Waals surface area contributed by atoms with Gasteiger partial charge in [-0.3, -0.25) is 0 Å². The molecule has 1 N–H and O–H groups in total. The first-order valence-corrected chi connectivity index (χ1v) is 5.52. The molecule has 1 unspecified atom stereocenters. The third-order valence-corrected chi connectivity index (χ3v) is 2.69. The lowest BCUT2D eigenvalue weighted by Crippen LogP contribution is -2.40. The molecule has 0 aromatic heterocycles. The van der Waals surface area contributed by atoms with Crippen molar-refractivity contribution in [3.05, 3.63) is 35.6 Å². The van der Waals surface area contributed by atoms with Gasteiger partial charge in [-0.05, 0) is 32.4 Å². The molecule has 0 bridgehead atoms. The van der Waals surface area contributed by atoms with Crippen molar-refractivity contribution in [1.29, 1.82) is 0 Å². The summed E-state index contributed by atoms with van der Waals surface area (Å²) in [6.07, 6.45) is -0.455. The lowest BCUT2D eigenvalue weighted by atomic mass is 9.95. The summed E-state index contributed by atoms with van der Waals surface area (Å²) in [4.78, 5) is 0. The van der Waals surface area contributed by atoms with Crippen molar-refractivity contribution in [2.75, 3.05) is 6.61 Å². The molecule has 0 saturated carbocycles. The van der Waals surface area contributed by atoms with Crippen LogP contribution in [0.2, 0.25) is 0 Å². The van der Waals surface area contributed by atoms with Gasteiger partial charge in [0.15, 0.2) is 0 Å². The predicted molar refractivity (Wildman–Crippen MR) is 61.8 cm³/mol. The first-order valence-electron chi connectivity index (χ1n) is 5.52. The first-order chi connectivity index (χ1) is 7.47. The zero-order valence-electron chi connectivity index (χ0n) is 10.0. The summed E-state index contributed by atoms with van der Waals surface area (Å²) in [5, 5.41) is 9.99. The van der Waals surface area contributed by atoms with Crippen LogP contribution in [-0.2, 0) is 11.2 Å². The van der Waals surface area contributed by atoms with Crippen molar-refractivity contribution in [3.8, 4) is 0 Å². The smallest absolute Gasteiger partial charge is 0.126 e. The molecule has 1 aromatic carbocycles. The molecule has 1 atom stereocenters. The van der Waals surface area contributed by atoms with Crippen LogP contribution in [0.4, 0.5) is 4.39 Å². The van der Waals surface area contributed by atoms with E-state index < -0.39 is 11.7 Å². The van der Waals surface area contributed by atoms with Gasteiger partial charge in [0.2, 0.25) is 0 Å². The topological polar surface area (TPSA) is 29.5 Å². The van der Waals surface area contributed by atoms with Gasteiger partial charge in [0.25, 0.3) is 0 Å². The highest BCUT2D eigenvalue weighted by Crippen LogP contribution is 2.20. The Hall–Kier alpha value is -0.930. The number of halogens is 1. The van der Waals surface area contributed by atoms with Crippen molar-refractivity contribution in [3.63, 3.8) is 0 Å². The maximum atomic E-state index is 13.4. The van der Waals surface area contributed by atoms with Crippen LogP contribution in [0.25, 0.3) is 0 Å². The molecule has 0 aliphatic heterocycles. The number of rotatable bonds is 5. The molecule has 0 heterocycles. The summed E-state index contributed by atoms with van der Waals surface area (Å²) in [6, 6.07) is 6.48. The molecule has 1 rings (SSSR count). The third-order valence-electron chi connectivity index (χ3n) is 2.69. The van der Waals surface area contributed by atoms with Gasteiger partial charge in [0.1, 0.15) is 5.82 Å². The van der Waals surface area contributed by atoms with E-state index in [1.54, 1.807) is 18.2 Å². The Morgan fingerprint density at radius 2 is 2.00 bits per heavy atom. The van der Waals surface area contributed by atoms with Crippen molar-refractivity contribution < 1.29 is 14.2 Å². The largest absolute Gasteiger partial charge is 0.390 e. The van der Waals surface area contributed by atoms with Gasteiger partial charge in [0, 0.05) is 13.0 Å². The predicted octanol–water partition coefficient (Wildman–Crippen LogP) is 2.54. The van der Waals surface area contributed by atoms with Crippen LogP contribution >= 0.6 is 0 Å². The summed E-state index contributed by atoms with van der Waals surface area (Å²) in [6.45, 7) is 6.02. The summed E-state index contributed by atoms with van der Waals surface area (Å²) < 4.78 is 18.8. The molecular weight excluding hydrogens is 207 g/mol. The quantitative estimate of drug-likeness (QED) is 0.836. The van der Waals surface area contributed by atoms with E-state index in [2.05, 4.69) is 0 Å². The van der Waals surface area contributed by atoms with Gasteiger partial charge >= 0.3 is 0 Å². The van der Waals surface area contributed by atoms with Crippen LogP contribution in [0.15, 0.2) is 24.3 Å². The summed E-state index contributed by atoms with van der Waals surface area (Å²) >= 11 is 0. The Labute approximate surface area is 96.1 Å². The van der Waals surface area contributed by atoms with Gasteiger partial charge in [-0.2, -0.15) is 0 Å². The van der Waals surface area contributed by atoms with Gasteiger partial charge in [-0.15, -0.1) is 0 Å². The summed E-state index contributed by atoms with van der Waals surface area (Å²) in [7, 11) is 0. The molecule has 0 saturated heterocycles. The zero-order valence-corrected chi connectivity index (χ0v) is 10.0. The normalized spacial score (nSPS) is 13.8. The standard InChI is InChI=1S/C13H19FO2/c1-4-16-13(2,3)12(15)9-10-7-5-6-8-11(10)14/h5-8,12,15H,4,9H2,1-3H3. The van der Waals surface area contributed by atoms with Crippen molar-refractivity contribution in [1.82, 2.24) is 0 Å². The minimum Gasteiger partial charge on any atom is -0.390 e. The minimum atomic E-state index is -0.718. The highest BCUT2D eigenvalue weighted by Gasteiger charge is 2.28. The number of benzene rings is 1. The van der Waals surface area contributed by atoms with E-state index in [0.29, 0.717) is 12.2 Å². The average molecular weight is 226 g/mol. The van der Waals surface area contributed by atoms with E-state index in [0.717, 1.165) is 0 Å². The molecule has 90 valence electrons. The van der Waals surface area contributed by atoms with Crippen molar-refractivity contribution in [2.45, 2.75) is 38.9 Å². The van der Waals surface area contributed by atoms with Crippen LogP contribution in [0.1, 0.15) is 26.3 Å². The Morgan fingerprint density at radius 3 is 2.56 bits per heavy atom. The summed E-state index contributed by atoms with van der Waals surface area (Å²) in [5.41, 5.74) is -0.139. The molecule has 0 aliphatic carbocycles. The number of aliphatic hydroxyl groups excluding tert-OH is 1. The fraction of sp³-hybridized carbons (Fsp3) is 0.538. The highest BCUT2D eigenvalue weighted by molar-refractivity contribution is 5.18. The monoisotopic (exact) mass is 226 g/mol. The second kappa shape index (κ2) is 5.41. The first kappa shape index (κ1) is 13.1. The van der Waals surface area contributed by atoms with E-state index in [1.165, 1.54) is 6.07 Å². The summed E-state index contributed by atoms with van der Waals surface area (Å²) in [5.74, 6) is -0.283. The lowest BCUT2D eigenvalue weighted by Gasteiger charge is -2.30. The Kier molecular flexibility index (Phi) is 4.44. The molecule has 16 heavy (non-hydrogen) atoms. The number of hydrogen-bond acceptors (Lipinski definition) is 2. The lowest BCUT2D eigenvalue weighted by molar-refractivity contribution is -0.0957. The average Bonchev–Trinajstić information content (AvgIpc) is 2.21. The molecule has 0 aliphatic rings. The Bertz CT molecular complexity index is 336. The molecule has 0 fully saturated rings.